The van der Waals surface area contributed by atoms with E-state index in [0.29, 0.717) is 46.1 Å². The van der Waals surface area contributed by atoms with Crippen molar-refractivity contribution in [2.24, 2.45) is 11.5 Å². The molecule has 0 fully saturated rings. The molecular weight excluding hydrogens is 378 g/mol. The summed E-state index contributed by atoms with van der Waals surface area (Å²) in [5.41, 5.74) is 13.9. The van der Waals surface area contributed by atoms with Crippen LogP contribution in [0.1, 0.15) is 34.0 Å². The van der Waals surface area contributed by atoms with Gasteiger partial charge >= 0.3 is 0 Å². The Morgan fingerprint density at radius 2 is 1.86 bits per heavy atom. The van der Waals surface area contributed by atoms with Gasteiger partial charge in [0, 0.05) is 21.7 Å². The zero-order chi connectivity index (χ0) is 20.4. The molecule has 0 bridgehead atoms. The van der Waals surface area contributed by atoms with E-state index in [0.717, 1.165) is 5.39 Å². The Kier molecular flexibility index (Phi) is 5.72. The fourth-order valence-electron chi connectivity index (χ4n) is 3.57. The summed E-state index contributed by atoms with van der Waals surface area (Å²) < 4.78 is 6.93. The minimum absolute atomic E-state index is 0.216. The number of nitrogens with zero attached hydrogens (tertiary/aromatic N) is 1. The monoisotopic (exact) mass is 399 g/mol. The first-order valence-corrected chi connectivity index (χ1v) is 9.25. The van der Waals surface area contributed by atoms with Crippen molar-refractivity contribution in [1.29, 1.82) is 0 Å². The lowest BCUT2D eigenvalue weighted by Crippen LogP contribution is -2.24. The summed E-state index contributed by atoms with van der Waals surface area (Å²) in [7, 11) is 1.56. The number of amides is 1. The fraction of sp³-hybridized carbons (Fsp3) is 0.238. The summed E-state index contributed by atoms with van der Waals surface area (Å²) in [6, 6.07) is 12.1. The molecule has 4 N–H and O–H groups in total. The van der Waals surface area contributed by atoms with Gasteiger partial charge in [0.2, 0.25) is 5.91 Å². The number of carbonyl (C=O) groups excluding carboxylic acids is 2. The molecule has 0 aliphatic heterocycles. The Bertz CT molecular complexity index is 1040. The van der Waals surface area contributed by atoms with E-state index in [4.69, 9.17) is 27.8 Å². The maximum Gasteiger partial charge on any atom is 0.262 e. The average molecular weight is 400 g/mol. The number of halogens is 1. The molecular formula is C21H22ClN3O3. The highest BCUT2D eigenvalue weighted by atomic mass is 35.5. The number of primary amides is 1. The van der Waals surface area contributed by atoms with Gasteiger partial charge in [0.05, 0.1) is 18.5 Å². The van der Waals surface area contributed by atoms with Gasteiger partial charge in [-0.1, -0.05) is 11.6 Å². The highest BCUT2D eigenvalue weighted by Crippen LogP contribution is 2.36. The van der Waals surface area contributed by atoms with Gasteiger partial charge in [-0.15, -0.1) is 0 Å². The van der Waals surface area contributed by atoms with E-state index in [9.17, 15) is 9.59 Å². The maximum absolute atomic E-state index is 13.3. The normalized spacial score (nSPS) is 12.1. The molecule has 0 aliphatic carbocycles. The standard InChI is InChI=1S/C21H22ClN3O3/c1-12-19(16(9-10-23)20(24)26)17-11-15(28-2)7-8-18(17)25(12)21(27)13-3-5-14(22)6-4-13/h3-8,11,16H,9-10,23H2,1-2H3,(H2,24,26). The molecule has 1 aromatic heterocycles. The molecule has 7 heteroatoms. The summed E-state index contributed by atoms with van der Waals surface area (Å²) >= 11 is 5.94. The van der Waals surface area contributed by atoms with Crippen molar-refractivity contribution in [3.8, 4) is 5.75 Å². The van der Waals surface area contributed by atoms with E-state index in [-0.39, 0.29) is 5.91 Å². The number of carbonyl (C=O) groups is 2. The van der Waals surface area contributed by atoms with Crippen molar-refractivity contribution < 1.29 is 14.3 Å². The second-order valence-corrected chi connectivity index (χ2v) is 7.00. The molecule has 1 atom stereocenters. The van der Waals surface area contributed by atoms with Gasteiger partial charge in [-0.2, -0.15) is 0 Å². The molecule has 0 saturated heterocycles. The number of hydrogen-bond acceptors (Lipinski definition) is 4. The number of hydrogen-bond donors (Lipinski definition) is 2. The number of ether oxygens (including phenoxy) is 1. The second kappa shape index (κ2) is 8.04. The van der Waals surface area contributed by atoms with Crippen LogP contribution in [0.2, 0.25) is 5.02 Å². The minimum atomic E-state index is -0.598. The molecule has 3 aromatic rings. The maximum atomic E-state index is 13.3. The van der Waals surface area contributed by atoms with E-state index in [1.54, 1.807) is 48.1 Å². The molecule has 0 aliphatic rings. The molecule has 1 unspecified atom stereocenters. The largest absolute Gasteiger partial charge is 0.497 e. The number of nitrogens with two attached hydrogens (primary N) is 2. The molecule has 1 amide bonds. The van der Waals surface area contributed by atoms with Gasteiger partial charge in [-0.25, -0.2) is 0 Å². The van der Waals surface area contributed by atoms with Crippen LogP contribution in [-0.4, -0.2) is 30.0 Å². The molecule has 2 aromatic carbocycles. The van der Waals surface area contributed by atoms with E-state index in [2.05, 4.69) is 0 Å². The first-order valence-electron chi connectivity index (χ1n) is 8.87. The van der Waals surface area contributed by atoms with Crippen LogP contribution in [0.4, 0.5) is 0 Å². The summed E-state index contributed by atoms with van der Waals surface area (Å²) in [4.78, 5) is 25.4. The third kappa shape index (κ3) is 3.48. The number of methoxy groups -OCH3 is 1. The Balaban J connectivity index is 2.28. The Hall–Kier alpha value is -2.83. The third-order valence-corrected chi connectivity index (χ3v) is 5.15. The first kappa shape index (κ1) is 19.9. The lowest BCUT2D eigenvalue weighted by Gasteiger charge is -2.14. The van der Waals surface area contributed by atoms with E-state index in [1.807, 2.05) is 13.0 Å². The predicted octanol–water partition coefficient (Wildman–Crippen LogP) is 3.22. The van der Waals surface area contributed by atoms with Crippen molar-refractivity contribution in [2.45, 2.75) is 19.3 Å². The smallest absolute Gasteiger partial charge is 0.262 e. The number of benzene rings is 2. The van der Waals surface area contributed by atoms with E-state index >= 15 is 0 Å². The topological polar surface area (TPSA) is 100 Å². The van der Waals surface area contributed by atoms with Gasteiger partial charge in [0.1, 0.15) is 5.75 Å². The molecule has 0 saturated carbocycles. The minimum Gasteiger partial charge on any atom is -0.497 e. The van der Waals surface area contributed by atoms with Crippen LogP contribution in [0, 0.1) is 6.92 Å². The van der Waals surface area contributed by atoms with Crippen LogP contribution in [0.25, 0.3) is 10.9 Å². The molecule has 146 valence electrons. The zero-order valence-corrected chi connectivity index (χ0v) is 16.5. The van der Waals surface area contributed by atoms with Crippen LogP contribution in [0.3, 0.4) is 0 Å². The summed E-state index contributed by atoms with van der Waals surface area (Å²) in [6.07, 6.45) is 0.391. The van der Waals surface area contributed by atoms with Crippen LogP contribution in [-0.2, 0) is 4.79 Å². The molecule has 6 nitrogen and oxygen atoms in total. The molecule has 3 rings (SSSR count). The van der Waals surface area contributed by atoms with Crippen LogP contribution in [0.15, 0.2) is 42.5 Å². The van der Waals surface area contributed by atoms with Crippen LogP contribution < -0.4 is 16.2 Å². The van der Waals surface area contributed by atoms with Gasteiger partial charge in [0.15, 0.2) is 0 Å². The first-order chi connectivity index (χ1) is 13.4. The van der Waals surface area contributed by atoms with Crippen LogP contribution in [0.5, 0.6) is 5.75 Å². The van der Waals surface area contributed by atoms with Gasteiger partial charge in [0.25, 0.3) is 5.91 Å². The van der Waals surface area contributed by atoms with Crippen LogP contribution >= 0.6 is 11.6 Å². The van der Waals surface area contributed by atoms with Crippen molar-refractivity contribution >= 4 is 34.3 Å². The zero-order valence-electron chi connectivity index (χ0n) is 15.7. The quantitative estimate of drug-likeness (QED) is 0.664. The lowest BCUT2D eigenvalue weighted by molar-refractivity contribution is -0.119. The Morgan fingerprint density at radius 1 is 1.18 bits per heavy atom. The average Bonchev–Trinajstić information content (AvgIpc) is 2.96. The molecule has 0 radical (unpaired) electrons. The van der Waals surface area contributed by atoms with Gasteiger partial charge in [-0.3, -0.25) is 14.2 Å². The third-order valence-electron chi connectivity index (χ3n) is 4.90. The SMILES string of the molecule is COc1ccc2c(c1)c(C(CCN)C(N)=O)c(C)n2C(=O)c1ccc(Cl)cc1. The second-order valence-electron chi connectivity index (χ2n) is 6.56. The number of fused-ring (bicyclic) bond motifs is 1. The fourth-order valence-corrected chi connectivity index (χ4v) is 3.69. The molecule has 1 heterocycles. The number of rotatable bonds is 6. The molecule has 28 heavy (non-hydrogen) atoms. The van der Waals surface area contributed by atoms with Crippen molar-refractivity contribution in [3.63, 3.8) is 0 Å². The van der Waals surface area contributed by atoms with Crippen molar-refractivity contribution in [1.82, 2.24) is 4.57 Å². The van der Waals surface area contributed by atoms with Crippen molar-refractivity contribution in [3.05, 3.63) is 64.3 Å². The van der Waals surface area contributed by atoms with E-state index < -0.39 is 11.8 Å². The lowest BCUT2D eigenvalue weighted by atomic mass is 9.92. The predicted molar refractivity (Wildman–Crippen MR) is 110 cm³/mol. The van der Waals surface area contributed by atoms with Gasteiger partial charge in [-0.05, 0) is 67.9 Å². The summed E-state index contributed by atoms with van der Waals surface area (Å²) in [5.74, 6) is -0.666. The van der Waals surface area contributed by atoms with E-state index in [1.165, 1.54) is 0 Å². The molecule has 0 spiro atoms. The summed E-state index contributed by atoms with van der Waals surface area (Å²) in [5, 5.41) is 1.30. The van der Waals surface area contributed by atoms with Crippen molar-refractivity contribution in [2.75, 3.05) is 13.7 Å². The van der Waals surface area contributed by atoms with Gasteiger partial charge < -0.3 is 16.2 Å². The highest BCUT2D eigenvalue weighted by Gasteiger charge is 2.28. The highest BCUT2D eigenvalue weighted by molar-refractivity contribution is 6.30. The Morgan fingerprint density at radius 3 is 2.43 bits per heavy atom. The summed E-state index contributed by atoms with van der Waals surface area (Å²) in [6.45, 7) is 2.11. The number of aromatic nitrogens is 1. The Labute approximate surface area is 168 Å².